The standard InChI is InChI=1S/C18H20N4O3/c1-12(13-10-20-21(2)11-13)22-5-4-19-18(22)14-8-16-17(9-15(14)23-3)25-7-6-24-16/h4-5,8-12H,6-7H2,1-3H3. The number of methoxy groups -OCH3 is 1. The zero-order chi connectivity index (χ0) is 17.4. The van der Waals surface area contributed by atoms with Crippen LogP contribution in [0.25, 0.3) is 11.4 Å². The van der Waals surface area contributed by atoms with Gasteiger partial charge in [0.05, 0.1) is 24.9 Å². The molecule has 3 heterocycles. The second-order valence-corrected chi connectivity index (χ2v) is 5.98. The van der Waals surface area contributed by atoms with E-state index >= 15 is 0 Å². The Labute approximate surface area is 145 Å². The number of ether oxygens (including phenoxy) is 3. The first-order chi connectivity index (χ1) is 12.2. The van der Waals surface area contributed by atoms with Gasteiger partial charge in [-0.2, -0.15) is 5.10 Å². The lowest BCUT2D eigenvalue weighted by molar-refractivity contribution is 0.171. The van der Waals surface area contributed by atoms with E-state index in [0.717, 1.165) is 17.0 Å². The van der Waals surface area contributed by atoms with Crippen LogP contribution in [0.4, 0.5) is 0 Å². The molecule has 0 amide bonds. The fraction of sp³-hybridized carbons (Fsp3) is 0.333. The largest absolute Gasteiger partial charge is 0.496 e. The van der Waals surface area contributed by atoms with Gasteiger partial charge in [0, 0.05) is 37.3 Å². The van der Waals surface area contributed by atoms with Crippen LogP contribution in [0.3, 0.4) is 0 Å². The molecule has 1 aromatic carbocycles. The minimum atomic E-state index is 0.0871. The number of hydrogen-bond donors (Lipinski definition) is 0. The zero-order valence-corrected chi connectivity index (χ0v) is 14.5. The molecule has 1 unspecified atom stereocenters. The summed E-state index contributed by atoms with van der Waals surface area (Å²) >= 11 is 0. The molecule has 1 aliphatic heterocycles. The van der Waals surface area contributed by atoms with Gasteiger partial charge in [0.1, 0.15) is 24.8 Å². The first-order valence-electron chi connectivity index (χ1n) is 8.16. The van der Waals surface area contributed by atoms with Gasteiger partial charge < -0.3 is 18.8 Å². The summed E-state index contributed by atoms with van der Waals surface area (Å²) in [6, 6.07) is 3.88. The lowest BCUT2D eigenvalue weighted by atomic mass is 10.1. The molecule has 4 rings (SSSR count). The van der Waals surface area contributed by atoms with Crippen molar-refractivity contribution in [2.45, 2.75) is 13.0 Å². The third-order valence-electron chi connectivity index (χ3n) is 4.40. The smallest absolute Gasteiger partial charge is 0.165 e. The maximum Gasteiger partial charge on any atom is 0.165 e. The molecule has 7 nitrogen and oxygen atoms in total. The normalized spacial score (nSPS) is 14.4. The summed E-state index contributed by atoms with van der Waals surface area (Å²) in [6.07, 6.45) is 7.63. The molecule has 0 N–H and O–H groups in total. The van der Waals surface area contributed by atoms with E-state index in [1.165, 1.54) is 0 Å². The van der Waals surface area contributed by atoms with E-state index in [4.69, 9.17) is 14.2 Å². The highest BCUT2D eigenvalue weighted by Crippen LogP contribution is 2.41. The Bertz CT molecular complexity index is 900. The summed E-state index contributed by atoms with van der Waals surface area (Å²) < 4.78 is 20.8. The molecule has 0 aliphatic carbocycles. The van der Waals surface area contributed by atoms with Crippen LogP contribution in [-0.2, 0) is 7.05 Å². The van der Waals surface area contributed by atoms with Crippen LogP contribution in [0.15, 0.2) is 36.9 Å². The van der Waals surface area contributed by atoms with Crippen LogP contribution in [0, 0.1) is 0 Å². The molecule has 0 saturated carbocycles. The first-order valence-corrected chi connectivity index (χ1v) is 8.16. The Morgan fingerprint density at radius 1 is 1.20 bits per heavy atom. The second kappa shape index (κ2) is 6.16. The van der Waals surface area contributed by atoms with Crippen molar-refractivity contribution >= 4 is 0 Å². The number of aromatic nitrogens is 4. The third kappa shape index (κ3) is 2.71. The van der Waals surface area contributed by atoms with Gasteiger partial charge in [-0.05, 0) is 13.0 Å². The van der Waals surface area contributed by atoms with Gasteiger partial charge in [0.2, 0.25) is 0 Å². The maximum atomic E-state index is 5.72. The molecule has 1 atom stereocenters. The monoisotopic (exact) mass is 340 g/mol. The molecule has 0 saturated heterocycles. The fourth-order valence-electron chi connectivity index (χ4n) is 3.06. The molecule has 7 heteroatoms. The molecular formula is C18H20N4O3. The molecule has 2 aromatic heterocycles. The van der Waals surface area contributed by atoms with Gasteiger partial charge in [-0.25, -0.2) is 4.98 Å². The maximum absolute atomic E-state index is 5.72. The summed E-state index contributed by atoms with van der Waals surface area (Å²) in [5.74, 6) is 2.93. The van der Waals surface area contributed by atoms with Crippen LogP contribution < -0.4 is 14.2 Å². The van der Waals surface area contributed by atoms with Crippen LogP contribution in [0.5, 0.6) is 17.2 Å². The predicted molar refractivity (Wildman–Crippen MR) is 92.2 cm³/mol. The molecular weight excluding hydrogens is 320 g/mol. The lowest BCUT2D eigenvalue weighted by Crippen LogP contribution is -2.15. The summed E-state index contributed by atoms with van der Waals surface area (Å²) in [5, 5.41) is 4.26. The highest BCUT2D eigenvalue weighted by molar-refractivity contribution is 5.70. The Morgan fingerprint density at radius 3 is 2.64 bits per heavy atom. The van der Waals surface area contributed by atoms with Crippen molar-refractivity contribution in [1.82, 2.24) is 19.3 Å². The van der Waals surface area contributed by atoms with Gasteiger partial charge in [-0.15, -0.1) is 0 Å². The summed E-state index contributed by atoms with van der Waals surface area (Å²) in [7, 11) is 3.56. The SMILES string of the molecule is COc1cc2c(cc1-c1nccn1C(C)c1cnn(C)c1)OCCO2. The van der Waals surface area contributed by atoms with Crippen molar-refractivity contribution in [3.8, 4) is 28.6 Å². The Kier molecular flexibility index (Phi) is 3.83. The number of fused-ring (bicyclic) bond motifs is 1. The topological polar surface area (TPSA) is 63.3 Å². The van der Waals surface area contributed by atoms with Crippen molar-refractivity contribution in [1.29, 1.82) is 0 Å². The highest BCUT2D eigenvalue weighted by atomic mass is 16.6. The van der Waals surface area contributed by atoms with Gasteiger partial charge in [0.25, 0.3) is 0 Å². The van der Waals surface area contributed by atoms with Crippen LogP contribution in [0.2, 0.25) is 0 Å². The number of imidazole rings is 1. The average Bonchev–Trinajstić information content (AvgIpc) is 3.29. The summed E-state index contributed by atoms with van der Waals surface area (Å²) in [4.78, 5) is 4.56. The molecule has 0 radical (unpaired) electrons. The van der Waals surface area contributed by atoms with Gasteiger partial charge in [0.15, 0.2) is 11.5 Å². The highest BCUT2D eigenvalue weighted by Gasteiger charge is 2.22. The van der Waals surface area contributed by atoms with Crippen LogP contribution >= 0.6 is 0 Å². The fourth-order valence-corrected chi connectivity index (χ4v) is 3.06. The molecule has 130 valence electrons. The van der Waals surface area contributed by atoms with Crippen molar-refractivity contribution < 1.29 is 14.2 Å². The Morgan fingerprint density at radius 2 is 1.96 bits per heavy atom. The molecule has 0 spiro atoms. The van der Waals surface area contributed by atoms with Crippen molar-refractivity contribution in [2.75, 3.05) is 20.3 Å². The first kappa shape index (κ1) is 15.6. The molecule has 0 fully saturated rings. The molecule has 0 bridgehead atoms. The van der Waals surface area contributed by atoms with Gasteiger partial charge >= 0.3 is 0 Å². The average molecular weight is 340 g/mol. The number of nitrogens with zero attached hydrogens (tertiary/aromatic N) is 4. The van der Waals surface area contributed by atoms with E-state index in [9.17, 15) is 0 Å². The van der Waals surface area contributed by atoms with E-state index in [-0.39, 0.29) is 6.04 Å². The van der Waals surface area contributed by atoms with Crippen LogP contribution in [0.1, 0.15) is 18.5 Å². The number of aryl methyl sites for hydroxylation is 1. The molecule has 25 heavy (non-hydrogen) atoms. The number of rotatable bonds is 4. The Hall–Kier alpha value is -2.96. The number of benzene rings is 1. The molecule has 1 aliphatic rings. The van der Waals surface area contributed by atoms with Gasteiger partial charge in [-0.1, -0.05) is 0 Å². The minimum Gasteiger partial charge on any atom is -0.496 e. The quantitative estimate of drug-likeness (QED) is 0.731. The van der Waals surface area contributed by atoms with E-state index < -0.39 is 0 Å². The molecule has 3 aromatic rings. The Balaban J connectivity index is 1.79. The van der Waals surface area contributed by atoms with E-state index in [2.05, 4.69) is 21.6 Å². The van der Waals surface area contributed by atoms with Gasteiger partial charge in [-0.3, -0.25) is 4.68 Å². The van der Waals surface area contributed by atoms with E-state index in [1.54, 1.807) is 18.0 Å². The summed E-state index contributed by atoms with van der Waals surface area (Å²) in [6.45, 7) is 3.20. The number of hydrogen-bond acceptors (Lipinski definition) is 5. The van der Waals surface area contributed by atoms with Crippen molar-refractivity contribution in [3.05, 3.63) is 42.5 Å². The van der Waals surface area contributed by atoms with E-state index in [0.29, 0.717) is 30.5 Å². The minimum absolute atomic E-state index is 0.0871. The second-order valence-electron chi connectivity index (χ2n) is 5.98. The van der Waals surface area contributed by atoms with Crippen molar-refractivity contribution in [3.63, 3.8) is 0 Å². The van der Waals surface area contributed by atoms with Crippen molar-refractivity contribution in [2.24, 2.45) is 7.05 Å². The zero-order valence-electron chi connectivity index (χ0n) is 14.5. The lowest BCUT2D eigenvalue weighted by Gasteiger charge is -2.22. The third-order valence-corrected chi connectivity index (χ3v) is 4.40. The summed E-state index contributed by atoms with van der Waals surface area (Å²) in [5.41, 5.74) is 1.98. The van der Waals surface area contributed by atoms with Crippen LogP contribution in [-0.4, -0.2) is 39.7 Å². The predicted octanol–water partition coefficient (Wildman–Crippen LogP) is 2.67. The van der Waals surface area contributed by atoms with E-state index in [1.807, 2.05) is 37.8 Å².